The number of hydrogen-bond acceptors (Lipinski definition) is 4. The minimum atomic E-state index is -3.13. The van der Waals surface area contributed by atoms with Crippen molar-refractivity contribution >= 4 is 13.6 Å². The lowest BCUT2D eigenvalue weighted by Gasteiger charge is -2.29. The molecule has 0 aliphatic carbocycles. The maximum atomic E-state index is 12.6. The van der Waals surface area contributed by atoms with Crippen molar-refractivity contribution < 1.29 is 18.6 Å². The third kappa shape index (κ3) is 3.56. The molecule has 0 radical (unpaired) electrons. The van der Waals surface area contributed by atoms with Gasteiger partial charge >= 0.3 is 13.6 Å². The van der Waals surface area contributed by atoms with Crippen LogP contribution in [0.25, 0.3) is 0 Å². The van der Waals surface area contributed by atoms with Gasteiger partial charge in [-0.15, -0.1) is 0 Å². The molecule has 19 heavy (non-hydrogen) atoms. The summed E-state index contributed by atoms with van der Waals surface area (Å²) in [5.41, 5.74) is 0.351. The molecular weight excluding hydrogens is 267 g/mol. The van der Waals surface area contributed by atoms with Gasteiger partial charge in [0.25, 0.3) is 0 Å². The molecule has 0 atom stereocenters. The molecule has 0 aliphatic heterocycles. The van der Waals surface area contributed by atoms with E-state index in [0.29, 0.717) is 11.3 Å². The van der Waals surface area contributed by atoms with Crippen molar-refractivity contribution in [3.63, 3.8) is 0 Å². The second-order valence-electron chi connectivity index (χ2n) is 4.30. The lowest BCUT2D eigenvalue weighted by molar-refractivity contribution is 0.0600. The Kier molecular flexibility index (Phi) is 5.11. The quantitative estimate of drug-likeness (QED) is 0.610. The smallest absolute Gasteiger partial charge is 0.394 e. The predicted molar refractivity (Wildman–Crippen MR) is 73.4 cm³/mol. The molecule has 106 valence electrons. The lowest BCUT2D eigenvalue weighted by Crippen LogP contribution is -2.24. The van der Waals surface area contributed by atoms with Crippen LogP contribution in [0, 0.1) is 0 Å². The monoisotopic (exact) mass is 286 g/mol. The van der Waals surface area contributed by atoms with E-state index in [0.717, 1.165) is 0 Å². The first kappa shape index (κ1) is 15.7. The average molecular weight is 286 g/mol. The third-order valence-electron chi connectivity index (χ3n) is 2.49. The Labute approximate surface area is 113 Å². The minimum Gasteiger partial charge on any atom is -0.465 e. The number of esters is 1. The first-order valence-electron chi connectivity index (χ1n) is 5.65. The number of carbonyl (C=O) groups is 1. The van der Waals surface area contributed by atoms with Gasteiger partial charge in [-0.3, -0.25) is 0 Å². The first-order chi connectivity index (χ1) is 8.81. The van der Waals surface area contributed by atoms with Gasteiger partial charge in [0.1, 0.15) is 5.75 Å². The highest BCUT2D eigenvalue weighted by Gasteiger charge is 2.31. The van der Waals surface area contributed by atoms with E-state index in [9.17, 15) is 9.36 Å². The lowest BCUT2D eigenvalue weighted by atomic mass is 10.2. The molecule has 0 amide bonds. The van der Waals surface area contributed by atoms with Crippen molar-refractivity contribution in [3.8, 4) is 5.75 Å². The normalized spacial score (nSPS) is 11.7. The number of carbonyl (C=O) groups excluding carboxylic acids is 1. The van der Waals surface area contributed by atoms with E-state index in [1.54, 1.807) is 46.4 Å². The van der Waals surface area contributed by atoms with E-state index >= 15 is 0 Å². The maximum absolute atomic E-state index is 12.6. The Morgan fingerprint density at radius 1 is 1.16 bits per heavy atom. The second kappa shape index (κ2) is 6.19. The highest BCUT2D eigenvalue weighted by atomic mass is 31.2. The summed E-state index contributed by atoms with van der Waals surface area (Å²) < 4.78 is 25.9. The summed E-state index contributed by atoms with van der Waals surface area (Å²) in [7, 11) is 4.86. The molecule has 0 saturated heterocycles. The van der Waals surface area contributed by atoms with Crippen LogP contribution in [0.15, 0.2) is 24.3 Å². The van der Waals surface area contributed by atoms with Crippen LogP contribution in [0.2, 0.25) is 0 Å². The number of methoxy groups -OCH3 is 1. The van der Waals surface area contributed by atoms with Gasteiger partial charge in [-0.05, 0) is 46.4 Å². The van der Waals surface area contributed by atoms with E-state index in [2.05, 4.69) is 4.74 Å². The van der Waals surface area contributed by atoms with Crippen LogP contribution >= 0.6 is 7.67 Å². The Morgan fingerprint density at radius 3 is 2.21 bits per heavy atom. The highest BCUT2D eigenvalue weighted by Crippen LogP contribution is 2.50. The first-order valence-corrected chi connectivity index (χ1v) is 7.18. The number of ether oxygens (including phenoxy) is 1. The summed E-state index contributed by atoms with van der Waals surface area (Å²) in [5, 5.41) is 0. The summed E-state index contributed by atoms with van der Waals surface area (Å²) in [6.07, 6.45) is 0. The molecule has 1 aromatic rings. The molecule has 1 rings (SSSR count). The van der Waals surface area contributed by atoms with Gasteiger partial charge in [0.15, 0.2) is 0 Å². The summed E-state index contributed by atoms with van der Waals surface area (Å²) in [5.74, 6) is -0.108. The summed E-state index contributed by atoms with van der Waals surface area (Å²) in [4.78, 5) is 11.4. The van der Waals surface area contributed by atoms with Gasteiger partial charge in [0, 0.05) is 0 Å². The number of hydrogen-bond donors (Lipinski definition) is 0. The average Bonchev–Trinajstić information content (AvgIpc) is 2.37. The minimum absolute atomic E-state index is 0.351. The largest absolute Gasteiger partial charge is 0.465 e. The fourth-order valence-electron chi connectivity index (χ4n) is 1.46. The predicted octanol–water partition coefficient (Wildman–Crippen LogP) is 2.08. The number of nitrogens with zero attached hydrogens (tertiary/aromatic N) is 2. The number of rotatable bonds is 5. The maximum Gasteiger partial charge on any atom is 0.394 e. The van der Waals surface area contributed by atoms with Crippen LogP contribution in [0.5, 0.6) is 5.75 Å². The summed E-state index contributed by atoms with van der Waals surface area (Å²) in [6, 6.07) is 6.41. The fraction of sp³-hybridized carbons (Fsp3) is 0.417. The zero-order valence-electron chi connectivity index (χ0n) is 11.8. The molecule has 0 saturated carbocycles. The van der Waals surface area contributed by atoms with Crippen molar-refractivity contribution in [2.24, 2.45) is 0 Å². The zero-order valence-corrected chi connectivity index (χ0v) is 12.7. The molecule has 6 nitrogen and oxygen atoms in total. The van der Waals surface area contributed by atoms with Crippen LogP contribution in [0.4, 0.5) is 0 Å². The van der Waals surface area contributed by atoms with E-state index in [-0.39, 0.29) is 0 Å². The molecule has 0 bridgehead atoms. The van der Waals surface area contributed by atoms with Gasteiger partial charge in [0.2, 0.25) is 0 Å². The number of benzene rings is 1. The molecule has 7 heteroatoms. The molecule has 1 aromatic carbocycles. The molecule has 0 N–H and O–H groups in total. The molecular formula is C12H19N2O4P. The van der Waals surface area contributed by atoms with Crippen molar-refractivity contribution in [2.45, 2.75) is 0 Å². The molecule has 0 fully saturated rings. The molecule has 0 heterocycles. The molecule has 0 aliphatic rings. The van der Waals surface area contributed by atoms with Gasteiger partial charge < -0.3 is 9.26 Å². The Bertz CT molecular complexity index is 490. The van der Waals surface area contributed by atoms with Crippen LogP contribution in [-0.4, -0.2) is 50.6 Å². The van der Waals surface area contributed by atoms with Crippen molar-refractivity contribution in [1.82, 2.24) is 9.34 Å². The van der Waals surface area contributed by atoms with E-state index < -0.39 is 13.6 Å². The summed E-state index contributed by atoms with van der Waals surface area (Å²) >= 11 is 0. The van der Waals surface area contributed by atoms with Gasteiger partial charge in [-0.2, -0.15) is 0 Å². The summed E-state index contributed by atoms with van der Waals surface area (Å²) in [6.45, 7) is 0. The van der Waals surface area contributed by atoms with Gasteiger partial charge in [-0.25, -0.2) is 18.7 Å². The van der Waals surface area contributed by atoms with Crippen molar-refractivity contribution in [1.29, 1.82) is 0 Å². The Morgan fingerprint density at radius 2 is 1.74 bits per heavy atom. The van der Waals surface area contributed by atoms with Gasteiger partial charge in [0.05, 0.1) is 12.7 Å². The van der Waals surface area contributed by atoms with E-state index in [1.165, 1.54) is 22.5 Å². The van der Waals surface area contributed by atoms with Crippen LogP contribution in [0.1, 0.15) is 10.4 Å². The van der Waals surface area contributed by atoms with E-state index in [4.69, 9.17) is 4.52 Å². The van der Waals surface area contributed by atoms with Gasteiger partial charge in [-0.1, -0.05) is 6.07 Å². The fourth-order valence-corrected chi connectivity index (χ4v) is 2.89. The van der Waals surface area contributed by atoms with Crippen LogP contribution in [-0.2, 0) is 9.30 Å². The van der Waals surface area contributed by atoms with Crippen molar-refractivity contribution in [3.05, 3.63) is 29.8 Å². The topological polar surface area (TPSA) is 59.1 Å². The molecule has 0 unspecified atom stereocenters. The highest BCUT2D eigenvalue weighted by molar-refractivity contribution is 7.54. The molecule has 0 aromatic heterocycles. The Hall–Kier alpha value is -1.36. The molecule has 0 spiro atoms. The zero-order chi connectivity index (χ0) is 14.6. The van der Waals surface area contributed by atoms with Crippen LogP contribution < -0.4 is 4.52 Å². The van der Waals surface area contributed by atoms with E-state index in [1.807, 2.05) is 0 Å². The van der Waals surface area contributed by atoms with Crippen LogP contribution in [0.3, 0.4) is 0 Å². The Balaban J connectivity index is 3.05. The standard InChI is InChI=1S/C12H19N2O4P/c1-13(2)19(16,14(3)4)18-11-8-6-7-10(9-11)12(15)17-5/h6-9H,1-5H3. The SMILES string of the molecule is COC(=O)c1cccc(OP(=O)(N(C)C)N(C)C)c1. The second-order valence-corrected chi connectivity index (χ2v) is 7.06. The third-order valence-corrected chi connectivity index (χ3v) is 4.96. The van der Waals surface area contributed by atoms with Crippen molar-refractivity contribution in [2.75, 3.05) is 35.3 Å².